The lowest BCUT2D eigenvalue weighted by Gasteiger charge is -2.03. The van der Waals surface area contributed by atoms with E-state index in [1.807, 2.05) is 12.1 Å². The van der Waals surface area contributed by atoms with Gasteiger partial charge in [-0.3, -0.25) is 4.79 Å². The normalized spacial score (nSPS) is 10.9. The van der Waals surface area contributed by atoms with Gasteiger partial charge in [0.2, 0.25) is 0 Å². The molecule has 3 N–H and O–H groups in total. The van der Waals surface area contributed by atoms with Crippen LogP contribution in [0.15, 0.2) is 42.6 Å². The summed E-state index contributed by atoms with van der Waals surface area (Å²) in [6.07, 6.45) is 1.53. The predicted octanol–water partition coefficient (Wildman–Crippen LogP) is 2.86. The molecule has 2 aromatic heterocycles. The van der Waals surface area contributed by atoms with Crippen LogP contribution >= 0.6 is 11.6 Å². The van der Waals surface area contributed by atoms with Gasteiger partial charge in [0.1, 0.15) is 5.65 Å². The number of halogens is 1. The Labute approximate surface area is 125 Å². The molecule has 5 nitrogen and oxygen atoms in total. The minimum absolute atomic E-state index is 0.138. The number of aliphatic carboxylic acids is 1. The summed E-state index contributed by atoms with van der Waals surface area (Å²) in [7, 11) is 0. The first kappa shape index (κ1) is 13.5. The zero-order valence-electron chi connectivity index (χ0n) is 11.0. The van der Waals surface area contributed by atoms with Gasteiger partial charge in [0.15, 0.2) is 0 Å². The molecule has 0 amide bonds. The highest BCUT2D eigenvalue weighted by molar-refractivity contribution is 6.30. The number of nitrogen functional groups attached to an aromatic ring is 1. The number of nitrogens with two attached hydrogens (primary N) is 1. The maximum Gasteiger partial charge on any atom is 0.309 e. The van der Waals surface area contributed by atoms with Crippen molar-refractivity contribution in [2.45, 2.75) is 6.42 Å². The second kappa shape index (κ2) is 5.10. The van der Waals surface area contributed by atoms with E-state index in [0.29, 0.717) is 27.7 Å². The molecule has 3 aromatic rings. The lowest BCUT2D eigenvalue weighted by Crippen LogP contribution is -2.04. The third-order valence-corrected chi connectivity index (χ3v) is 3.41. The molecular formula is C15H12ClN3O2. The van der Waals surface area contributed by atoms with Crippen LogP contribution in [0.5, 0.6) is 0 Å². The number of carboxylic acids is 1. The number of hydrogen-bond acceptors (Lipinski definition) is 3. The second-order valence-corrected chi connectivity index (χ2v) is 5.11. The van der Waals surface area contributed by atoms with Crippen LogP contribution in [0.1, 0.15) is 5.69 Å². The molecule has 0 fully saturated rings. The van der Waals surface area contributed by atoms with E-state index < -0.39 is 5.97 Å². The first-order chi connectivity index (χ1) is 10.0. The van der Waals surface area contributed by atoms with Crippen LogP contribution in [-0.2, 0) is 11.2 Å². The van der Waals surface area contributed by atoms with E-state index in [4.69, 9.17) is 22.4 Å². The van der Waals surface area contributed by atoms with E-state index in [1.54, 1.807) is 34.9 Å². The SMILES string of the molecule is Nc1ccc(-c2nc3ccc(Cl)cn3c2CC(=O)O)cc1. The fraction of sp³-hybridized carbons (Fsp3) is 0.0667. The zero-order valence-corrected chi connectivity index (χ0v) is 11.7. The number of pyridine rings is 1. The van der Waals surface area contributed by atoms with E-state index in [0.717, 1.165) is 5.56 Å². The highest BCUT2D eigenvalue weighted by Gasteiger charge is 2.16. The molecule has 0 aliphatic heterocycles. The van der Waals surface area contributed by atoms with Crippen LogP contribution in [0.2, 0.25) is 5.02 Å². The number of carbonyl (C=O) groups is 1. The first-order valence-electron chi connectivity index (χ1n) is 6.29. The van der Waals surface area contributed by atoms with Crippen molar-refractivity contribution in [3.05, 3.63) is 53.3 Å². The van der Waals surface area contributed by atoms with E-state index in [2.05, 4.69) is 4.98 Å². The molecule has 0 spiro atoms. The largest absolute Gasteiger partial charge is 0.481 e. The topological polar surface area (TPSA) is 80.6 Å². The van der Waals surface area contributed by atoms with Gasteiger partial charge in [0.05, 0.1) is 22.8 Å². The zero-order chi connectivity index (χ0) is 15.0. The minimum Gasteiger partial charge on any atom is -0.481 e. The maximum absolute atomic E-state index is 11.1. The van der Waals surface area contributed by atoms with E-state index in [-0.39, 0.29) is 6.42 Å². The lowest BCUT2D eigenvalue weighted by molar-refractivity contribution is -0.136. The number of nitrogens with zero attached hydrogens (tertiary/aromatic N) is 2. The van der Waals surface area contributed by atoms with Gasteiger partial charge < -0.3 is 15.2 Å². The Kier molecular flexibility index (Phi) is 3.27. The van der Waals surface area contributed by atoms with E-state index in [9.17, 15) is 4.79 Å². The van der Waals surface area contributed by atoms with Gasteiger partial charge >= 0.3 is 5.97 Å². The molecule has 0 radical (unpaired) electrons. The summed E-state index contributed by atoms with van der Waals surface area (Å²) >= 11 is 5.99. The Balaban J connectivity index is 2.25. The molecule has 1 aromatic carbocycles. The number of carboxylic acid groups (broad SMARTS) is 1. The first-order valence-corrected chi connectivity index (χ1v) is 6.66. The summed E-state index contributed by atoms with van der Waals surface area (Å²) < 4.78 is 1.71. The van der Waals surface area contributed by atoms with Crippen molar-refractivity contribution < 1.29 is 9.90 Å². The fourth-order valence-corrected chi connectivity index (χ4v) is 2.41. The lowest BCUT2D eigenvalue weighted by atomic mass is 10.1. The highest BCUT2D eigenvalue weighted by atomic mass is 35.5. The van der Waals surface area contributed by atoms with Gasteiger partial charge in [-0.2, -0.15) is 0 Å². The quantitative estimate of drug-likeness (QED) is 0.729. The number of fused-ring (bicyclic) bond motifs is 1. The average Bonchev–Trinajstić information content (AvgIpc) is 2.77. The average molecular weight is 302 g/mol. The third kappa shape index (κ3) is 2.55. The number of aromatic nitrogens is 2. The van der Waals surface area contributed by atoms with Gasteiger partial charge in [-0.05, 0) is 24.3 Å². The molecule has 0 aliphatic carbocycles. The molecule has 6 heteroatoms. The summed E-state index contributed by atoms with van der Waals surface area (Å²) in [6.45, 7) is 0. The second-order valence-electron chi connectivity index (χ2n) is 4.68. The van der Waals surface area contributed by atoms with Crippen LogP contribution in [0.25, 0.3) is 16.9 Å². The fourth-order valence-electron chi connectivity index (χ4n) is 2.25. The summed E-state index contributed by atoms with van der Waals surface area (Å²) in [4.78, 5) is 15.6. The number of rotatable bonds is 3. The van der Waals surface area contributed by atoms with Crippen LogP contribution in [0.3, 0.4) is 0 Å². The molecule has 106 valence electrons. The molecule has 0 atom stereocenters. The van der Waals surface area contributed by atoms with Gasteiger partial charge in [0, 0.05) is 17.4 Å². The summed E-state index contributed by atoms with van der Waals surface area (Å²) in [5.41, 5.74) is 9.01. The third-order valence-electron chi connectivity index (χ3n) is 3.18. The van der Waals surface area contributed by atoms with Crippen molar-refractivity contribution in [1.29, 1.82) is 0 Å². The standard InChI is InChI=1S/C15H12ClN3O2/c16-10-3-6-13-18-15(9-1-4-11(17)5-2-9)12(7-14(20)21)19(13)8-10/h1-6,8H,7,17H2,(H,20,21). The van der Waals surface area contributed by atoms with Crippen molar-refractivity contribution in [3.8, 4) is 11.3 Å². The minimum atomic E-state index is -0.923. The number of benzene rings is 1. The van der Waals surface area contributed by atoms with E-state index in [1.165, 1.54) is 0 Å². The van der Waals surface area contributed by atoms with Crippen molar-refractivity contribution in [2.24, 2.45) is 0 Å². The summed E-state index contributed by atoms with van der Waals surface area (Å²) in [5, 5.41) is 9.66. The molecular weight excluding hydrogens is 290 g/mol. The van der Waals surface area contributed by atoms with Crippen molar-refractivity contribution >= 4 is 28.9 Å². The van der Waals surface area contributed by atoms with Crippen LogP contribution in [0.4, 0.5) is 5.69 Å². The monoisotopic (exact) mass is 301 g/mol. The number of imidazole rings is 1. The smallest absolute Gasteiger partial charge is 0.309 e. The summed E-state index contributed by atoms with van der Waals surface area (Å²) in [6, 6.07) is 10.7. The predicted molar refractivity (Wildman–Crippen MR) is 81.4 cm³/mol. The molecule has 2 heterocycles. The Hall–Kier alpha value is -2.53. The van der Waals surface area contributed by atoms with Gasteiger partial charge in [-0.1, -0.05) is 23.7 Å². The van der Waals surface area contributed by atoms with Crippen molar-refractivity contribution in [3.63, 3.8) is 0 Å². The molecule has 0 unspecified atom stereocenters. The Morgan fingerprint density at radius 1 is 1.24 bits per heavy atom. The number of hydrogen-bond donors (Lipinski definition) is 2. The maximum atomic E-state index is 11.1. The van der Waals surface area contributed by atoms with E-state index >= 15 is 0 Å². The molecule has 0 saturated heterocycles. The summed E-state index contributed by atoms with van der Waals surface area (Å²) in [5.74, 6) is -0.923. The van der Waals surface area contributed by atoms with Gasteiger partial charge in [-0.15, -0.1) is 0 Å². The van der Waals surface area contributed by atoms with Gasteiger partial charge in [-0.25, -0.2) is 4.98 Å². The molecule has 0 aliphatic rings. The number of anilines is 1. The Bertz CT molecular complexity index is 825. The highest BCUT2D eigenvalue weighted by Crippen LogP contribution is 2.26. The van der Waals surface area contributed by atoms with Crippen LogP contribution in [0, 0.1) is 0 Å². The molecule has 0 saturated carbocycles. The molecule has 3 rings (SSSR count). The van der Waals surface area contributed by atoms with Gasteiger partial charge in [0.25, 0.3) is 0 Å². The van der Waals surface area contributed by atoms with Crippen LogP contribution in [-0.4, -0.2) is 20.5 Å². The van der Waals surface area contributed by atoms with Crippen LogP contribution < -0.4 is 5.73 Å². The van der Waals surface area contributed by atoms with Crippen molar-refractivity contribution in [1.82, 2.24) is 9.38 Å². The molecule has 0 bridgehead atoms. The Morgan fingerprint density at radius 3 is 2.62 bits per heavy atom. The van der Waals surface area contributed by atoms with Crippen molar-refractivity contribution in [2.75, 3.05) is 5.73 Å². The molecule has 21 heavy (non-hydrogen) atoms. The Morgan fingerprint density at radius 2 is 1.95 bits per heavy atom.